The number of rotatable bonds is 18. The van der Waals surface area contributed by atoms with Crippen molar-refractivity contribution < 1.29 is 87.3 Å². The second kappa shape index (κ2) is 37.7. The zero-order chi connectivity index (χ0) is 37.3. The summed E-state index contributed by atoms with van der Waals surface area (Å²) in [6.45, 7) is 23.3. The van der Waals surface area contributed by atoms with Crippen LogP contribution in [0.2, 0.25) is 0 Å². The summed E-state index contributed by atoms with van der Waals surface area (Å²) < 4.78 is 106. The van der Waals surface area contributed by atoms with Crippen molar-refractivity contribution in [2.24, 2.45) is 0 Å². The van der Waals surface area contributed by atoms with Crippen molar-refractivity contribution >= 4 is 46.7 Å². The van der Waals surface area contributed by atoms with Gasteiger partial charge >= 0.3 is 31.3 Å². The molecule has 0 aliphatic rings. The van der Waals surface area contributed by atoms with Crippen molar-refractivity contribution in [1.82, 2.24) is 0 Å². The van der Waals surface area contributed by atoms with Gasteiger partial charge in [-0.1, -0.05) is 48.5 Å². The number of fused-ring (bicyclic) bond motifs is 1. The molecule has 0 aliphatic heterocycles. The number of benzene rings is 2. The summed E-state index contributed by atoms with van der Waals surface area (Å²) in [4.78, 5) is 0. The molecule has 0 bridgehead atoms. The molecule has 0 aliphatic carbocycles. The minimum absolute atomic E-state index is 0. The van der Waals surface area contributed by atoms with E-state index < -0.39 is 41.4 Å². The monoisotopic (exact) mass is 965 g/mol. The Bertz CT molecular complexity index is 932. The maximum atomic E-state index is 10.7. The maximum absolute atomic E-state index is 10.7. The third-order valence-electron chi connectivity index (χ3n) is 4.30. The summed E-state index contributed by atoms with van der Waals surface area (Å²) in [6, 6.07) is 16.7. The molecule has 0 amide bonds. The molecule has 0 aromatic heterocycles. The van der Waals surface area contributed by atoms with Gasteiger partial charge in [-0.3, -0.25) is 0 Å². The van der Waals surface area contributed by atoms with E-state index in [9.17, 15) is 13.2 Å². The Hall–Kier alpha value is -0.00766. The molecule has 0 spiro atoms. The standard InChI is InChI=1S/C10H8.3C6H16O3P.CHF3O3S.Re/c1-2-6-10-8-4-3-7-9(10)5-1;3*1-4-7-10(8-5-2)9-6-3;2-1(3,4)8(5,6)7;/h1-8H;3*10H,4-6H2,1-3H3;(H,5,6,7);/q;3*+1;;/p-1. The van der Waals surface area contributed by atoms with E-state index in [2.05, 4.69) is 48.5 Å². The normalized spacial score (nSPS) is 10.9. The summed E-state index contributed by atoms with van der Waals surface area (Å²) in [5.41, 5.74) is -5.65. The Morgan fingerprint density at radius 3 is 0.735 bits per heavy atom. The summed E-state index contributed by atoms with van der Waals surface area (Å²) in [5.74, 6) is 0. The summed E-state index contributed by atoms with van der Waals surface area (Å²) in [5, 5.41) is 2.62. The molecule has 2 aromatic rings. The van der Waals surface area contributed by atoms with Crippen LogP contribution < -0.4 is 0 Å². The first-order chi connectivity index (χ1) is 22.8. The number of halogens is 3. The Kier molecular flexibility index (Phi) is 42.9. The van der Waals surface area contributed by atoms with E-state index >= 15 is 0 Å². The smallest absolute Gasteiger partial charge is 0.485 e. The molecular formula is C29H56F3O12P3ReS+2. The molecule has 0 atom stereocenters. The van der Waals surface area contributed by atoms with Gasteiger partial charge in [0.25, 0.3) is 0 Å². The third-order valence-corrected chi connectivity index (χ3v) is 9.59. The van der Waals surface area contributed by atoms with Gasteiger partial charge in [-0.15, -0.1) is 0 Å². The van der Waals surface area contributed by atoms with Crippen molar-refractivity contribution in [2.75, 3.05) is 59.5 Å². The van der Waals surface area contributed by atoms with E-state index in [1.54, 1.807) is 0 Å². The molecule has 291 valence electrons. The van der Waals surface area contributed by atoms with Crippen LogP contribution in [0.4, 0.5) is 13.2 Å². The average molecular weight is 965 g/mol. The summed E-state index contributed by atoms with van der Waals surface area (Å²) in [6.07, 6.45) is 0. The minimum atomic E-state index is -6.09. The molecule has 0 fully saturated rings. The van der Waals surface area contributed by atoms with Gasteiger partial charge in [0.15, 0.2) is 10.1 Å². The van der Waals surface area contributed by atoms with Crippen LogP contribution in [0.1, 0.15) is 62.3 Å². The van der Waals surface area contributed by atoms with Crippen LogP contribution in [0.25, 0.3) is 10.8 Å². The zero-order valence-corrected chi connectivity index (χ0v) is 36.3. The third kappa shape index (κ3) is 34.8. The minimum Gasteiger partial charge on any atom is -0.741 e. The van der Waals surface area contributed by atoms with Gasteiger partial charge in [-0.05, 0) is 73.1 Å². The van der Waals surface area contributed by atoms with Crippen molar-refractivity contribution in [3.8, 4) is 0 Å². The Morgan fingerprint density at radius 2 is 0.633 bits per heavy atom. The molecule has 12 nitrogen and oxygen atoms in total. The van der Waals surface area contributed by atoms with E-state index in [1.807, 2.05) is 62.3 Å². The number of hydrogen-bond donors (Lipinski definition) is 0. The molecule has 2 aromatic carbocycles. The van der Waals surface area contributed by atoms with Gasteiger partial charge in [0.05, 0.1) is 59.5 Å². The Morgan fingerprint density at radius 1 is 0.490 bits per heavy atom. The van der Waals surface area contributed by atoms with Crippen molar-refractivity contribution in [3.05, 3.63) is 48.5 Å². The topological polar surface area (TPSA) is 140 Å². The fraction of sp³-hybridized carbons (Fsp3) is 0.655. The molecular weight excluding hydrogens is 908 g/mol. The summed E-state index contributed by atoms with van der Waals surface area (Å²) in [7, 11) is -10.3. The first-order valence-electron chi connectivity index (χ1n) is 15.5. The van der Waals surface area contributed by atoms with Crippen LogP contribution in [-0.4, -0.2) is 77.9 Å². The van der Waals surface area contributed by atoms with Gasteiger partial charge in [-0.2, -0.15) is 53.9 Å². The van der Waals surface area contributed by atoms with Crippen LogP contribution in [0, 0.1) is 0 Å². The second-order valence-electron chi connectivity index (χ2n) is 7.89. The zero-order valence-electron chi connectivity index (χ0n) is 29.8. The van der Waals surface area contributed by atoms with Crippen LogP contribution in [0.5, 0.6) is 0 Å². The Labute approximate surface area is 308 Å². The molecule has 0 heterocycles. The molecule has 0 saturated heterocycles. The van der Waals surface area contributed by atoms with Crippen molar-refractivity contribution in [2.45, 2.75) is 67.8 Å². The van der Waals surface area contributed by atoms with Crippen LogP contribution in [-0.2, 0) is 71.3 Å². The van der Waals surface area contributed by atoms with Gasteiger partial charge in [0.1, 0.15) is 0 Å². The van der Waals surface area contributed by atoms with E-state index in [0.717, 1.165) is 0 Å². The molecule has 0 unspecified atom stereocenters. The fourth-order valence-electron chi connectivity index (χ4n) is 2.57. The van der Waals surface area contributed by atoms with E-state index in [0.29, 0.717) is 59.5 Å². The average Bonchev–Trinajstić information content (AvgIpc) is 3.03. The predicted molar refractivity (Wildman–Crippen MR) is 189 cm³/mol. The van der Waals surface area contributed by atoms with E-state index in [4.69, 9.17) is 53.7 Å². The first kappa shape index (κ1) is 55.7. The summed E-state index contributed by atoms with van der Waals surface area (Å²) >= 11 is 0. The van der Waals surface area contributed by atoms with Crippen LogP contribution in [0.3, 0.4) is 0 Å². The van der Waals surface area contributed by atoms with Crippen LogP contribution in [0.15, 0.2) is 48.5 Å². The second-order valence-corrected chi connectivity index (χ2v) is 13.4. The predicted octanol–water partition coefficient (Wildman–Crippen LogP) is 9.05. The molecule has 0 N–H and O–H groups in total. The van der Waals surface area contributed by atoms with Crippen molar-refractivity contribution in [3.63, 3.8) is 0 Å². The van der Waals surface area contributed by atoms with Gasteiger partial charge in [-0.25, -0.2) is 8.42 Å². The largest absolute Gasteiger partial charge is 0.741 e. The van der Waals surface area contributed by atoms with Gasteiger partial charge in [0.2, 0.25) is 0 Å². The quantitative estimate of drug-likeness (QED) is 0.0800. The Balaban J connectivity index is -0.000000258. The number of hydrogen-bond acceptors (Lipinski definition) is 12. The van der Waals surface area contributed by atoms with E-state index in [1.165, 1.54) is 10.8 Å². The maximum Gasteiger partial charge on any atom is 0.485 e. The fourth-order valence-corrected chi connectivity index (χ4v) is 5.44. The molecule has 2 rings (SSSR count). The van der Waals surface area contributed by atoms with Crippen LogP contribution >= 0.6 is 25.8 Å². The van der Waals surface area contributed by atoms with Gasteiger partial charge < -0.3 is 4.55 Å². The first-order valence-corrected chi connectivity index (χ1v) is 20.6. The van der Waals surface area contributed by atoms with Gasteiger partial charge in [0, 0.05) is 20.4 Å². The molecule has 1 radical (unpaired) electrons. The van der Waals surface area contributed by atoms with Crippen molar-refractivity contribution in [1.29, 1.82) is 0 Å². The molecule has 0 saturated carbocycles. The number of alkyl halides is 3. The molecule has 20 heteroatoms. The molecule has 49 heavy (non-hydrogen) atoms. The SMILES string of the molecule is CCO[PH+](OCC)OCC.CCO[PH+](OCC)OCC.CCO[PH+](OCC)OCC.O=S(=O)([O-])C(F)(F)F.[Re].c1ccc2ccccc2c1. The van der Waals surface area contributed by atoms with E-state index in [-0.39, 0.29) is 20.4 Å².